The lowest BCUT2D eigenvalue weighted by Gasteiger charge is -2.35. The van der Waals surface area contributed by atoms with Gasteiger partial charge in [0.15, 0.2) is 0 Å². The first-order chi connectivity index (χ1) is 9.78. The van der Waals surface area contributed by atoms with Crippen molar-refractivity contribution < 1.29 is 9.47 Å². The maximum Gasteiger partial charge on any atom is 0.124 e. The molecular formula is C16H22ClNO2. The molecule has 1 fully saturated rings. The van der Waals surface area contributed by atoms with E-state index in [4.69, 9.17) is 21.1 Å². The van der Waals surface area contributed by atoms with Crippen LogP contribution in [0.2, 0.25) is 5.02 Å². The average Bonchev–Trinajstić information content (AvgIpc) is 2.99. The summed E-state index contributed by atoms with van der Waals surface area (Å²) < 4.78 is 11.7. The second-order valence-corrected chi connectivity index (χ2v) is 6.14. The first-order valence-corrected chi connectivity index (χ1v) is 7.93. The third-order valence-corrected chi connectivity index (χ3v) is 4.46. The van der Waals surface area contributed by atoms with Crippen LogP contribution in [0.25, 0.3) is 0 Å². The first-order valence-electron chi connectivity index (χ1n) is 7.55. The Balaban J connectivity index is 1.82. The number of benzene rings is 1. The first kappa shape index (κ1) is 14.2. The van der Waals surface area contributed by atoms with E-state index in [9.17, 15) is 0 Å². The van der Waals surface area contributed by atoms with Gasteiger partial charge in [0.2, 0.25) is 0 Å². The summed E-state index contributed by atoms with van der Waals surface area (Å²) in [6, 6.07) is 6.28. The van der Waals surface area contributed by atoms with E-state index in [2.05, 4.69) is 12.2 Å². The van der Waals surface area contributed by atoms with Gasteiger partial charge in [-0.15, -0.1) is 0 Å². The molecule has 4 heteroatoms. The summed E-state index contributed by atoms with van der Waals surface area (Å²) in [6.07, 6.45) is 3.49. The van der Waals surface area contributed by atoms with Gasteiger partial charge < -0.3 is 14.8 Å². The predicted octanol–water partition coefficient (Wildman–Crippen LogP) is 3.57. The van der Waals surface area contributed by atoms with Gasteiger partial charge in [0.1, 0.15) is 11.9 Å². The van der Waals surface area contributed by atoms with Gasteiger partial charge in [0, 0.05) is 35.6 Å². The van der Waals surface area contributed by atoms with E-state index >= 15 is 0 Å². The molecule has 3 rings (SSSR count). The molecule has 2 aliphatic rings. The average molecular weight is 296 g/mol. The van der Waals surface area contributed by atoms with Gasteiger partial charge in [0.05, 0.1) is 6.61 Å². The van der Waals surface area contributed by atoms with Crippen LogP contribution in [-0.2, 0) is 4.74 Å². The standard InChI is InChI=1S/C16H22ClNO2/c1-2-6-18-14-9-16(11-5-7-19-10-11)20-15-4-3-12(17)8-13(14)15/h3-4,8,11,14,16,18H,2,5-7,9-10H2,1H3. The molecule has 3 nitrogen and oxygen atoms in total. The summed E-state index contributed by atoms with van der Waals surface area (Å²) in [5, 5.41) is 4.40. The van der Waals surface area contributed by atoms with Crippen molar-refractivity contribution in [3.05, 3.63) is 28.8 Å². The number of rotatable bonds is 4. The molecule has 0 aromatic heterocycles. The Kier molecular flexibility index (Phi) is 4.49. The molecule has 20 heavy (non-hydrogen) atoms. The lowest BCUT2D eigenvalue weighted by atomic mass is 9.89. The van der Waals surface area contributed by atoms with Gasteiger partial charge >= 0.3 is 0 Å². The van der Waals surface area contributed by atoms with E-state index in [0.29, 0.717) is 12.0 Å². The molecule has 0 radical (unpaired) electrons. The monoisotopic (exact) mass is 295 g/mol. The van der Waals surface area contributed by atoms with Crippen molar-refractivity contribution in [1.29, 1.82) is 0 Å². The highest BCUT2D eigenvalue weighted by Gasteiger charge is 2.35. The number of ether oxygens (including phenoxy) is 2. The Labute approximate surface area is 125 Å². The summed E-state index contributed by atoms with van der Waals surface area (Å²) in [5.74, 6) is 1.50. The van der Waals surface area contributed by atoms with Crippen molar-refractivity contribution in [1.82, 2.24) is 5.32 Å². The Morgan fingerprint density at radius 2 is 2.30 bits per heavy atom. The Hall–Kier alpha value is -0.770. The van der Waals surface area contributed by atoms with Crippen molar-refractivity contribution in [2.24, 2.45) is 5.92 Å². The van der Waals surface area contributed by atoms with Crippen molar-refractivity contribution in [2.75, 3.05) is 19.8 Å². The quantitative estimate of drug-likeness (QED) is 0.921. The fraction of sp³-hybridized carbons (Fsp3) is 0.625. The van der Waals surface area contributed by atoms with Crippen molar-refractivity contribution in [2.45, 2.75) is 38.3 Å². The molecule has 1 saturated heterocycles. The topological polar surface area (TPSA) is 30.5 Å². The zero-order valence-corrected chi connectivity index (χ0v) is 12.7. The maximum absolute atomic E-state index is 6.20. The Bertz CT molecular complexity index is 460. The largest absolute Gasteiger partial charge is 0.490 e. The lowest BCUT2D eigenvalue weighted by molar-refractivity contribution is 0.0802. The molecule has 2 heterocycles. The molecule has 0 bridgehead atoms. The van der Waals surface area contributed by atoms with Crippen molar-refractivity contribution in [3.63, 3.8) is 0 Å². The van der Waals surface area contributed by atoms with Crippen LogP contribution >= 0.6 is 11.6 Å². The zero-order chi connectivity index (χ0) is 13.9. The third kappa shape index (κ3) is 2.95. The van der Waals surface area contributed by atoms with Gasteiger partial charge in [-0.05, 0) is 37.6 Å². The van der Waals surface area contributed by atoms with Crippen LogP contribution in [0.4, 0.5) is 0 Å². The maximum atomic E-state index is 6.20. The third-order valence-electron chi connectivity index (χ3n) is 4.23. The Morgan fingerprint density at radius 3 is 3.05 bits per heavy atom. The normalized spacial score (nSPS) is 29.0. The number of fused-ring (bicyclic) bond motifs is 1. The molecule has 1 aromatic rings. The van der Waals surface area contributed by atoms with Crippen molar-refractivity contribution >= 4 is 11.6 Å². The van der Waals surface area contributed by atoms with Crippen LogP contribution < -0.4 is 10.1 Å². The summed E-state index contributed by atoms with van der Waals surface area (Å²) in [5.41, 5.74) is 1.20. The Morgan fingerprint density at radius 1 is 1.40 bits per heavy atom. The summed E-state index contributed by atoms with van der Waals surface area (Å²) in [7, 11) is 0. The predicted molar refractivity (Wildman–Crippen MR) is 80.4 cm³/mol. The zero-order valence-electron chi connectivity index (χ0n) is 11.9. The molecule has 1 aromatic carbocycles. The molecule has 0 spiro atoms. The van der Waals surface area contributed by atoms with Crippen LogP contribution in [0.1, 0.15) is 37.8 Å². The fourth-order valence-corrected chi connectivity index (χ4v) is 3.30. The second-order valence-electron chi connectivity index (χ2n) is 5.70. The van der Waals surface area contributed by atoms with E-state index in [1.54, 1.807) is 0 Å². The minimum atomic E-state index is 0.250. The van der Waals surface area contributed by atoms with Crippen molar-refractivity contribution in [3.8, 4) is 5.75 Å². The minimum Gasteiger partial charge on any atom is -0.490 e. The van der Waals surface area contributed by atoms with E-state index in [1.807, 2.05) is 18.2 Å². The molecule has 3 unspecified atom stereocenters. The molecule has 2 aliphatic heterocycles. The molecule has 0 aliphatic carbocycles. The summed E-state index contributed by atoms with van der Waals surface area (Å²) >= 11 is 6.14. The number of nitrogens with one attached hydrogen (secondary N) is 1. The minimum absolute atomic E-state index is 0.250. The van der Waals surface area contributed by atoms with Gasteiger partial charge in [0.25, 0.3) is 0 Å². The second kappa shape index (κ2) is 6.33. The van der Waals surface area contributed by atoms with Crippen LogP contribution in [0, 0.1) is 5.92 Å². The van der Waals surface area contributed by atoms with E-state index in [-0.39, 0.29) is 6.10 Å². The van der Waals surface area contributed by atoms with Gasteiger partial charge in [-0.3, -0.25) is 0 Å². The smallest absolute Gasteiger partial charge is 0.124 e. The molecular weight excluding hydrogens is 274 g/mol. The lowest BCUT2D eigenvalue weighted by Crippen LogP contribution is -2.37. The van der Waals surface area contributed by atoms with E-state index < -0.39 is 0 Å². The van der Waals surface area contributed by atoms with Crippen LogP contribution in [-0.4, -0.2) is 25.9 Å². The highest BCUT2D eigenvalue weighted by atomic mass is 35.5. The van der Waals surface area contributed by atoms with Crippen LogP contribution in [0.5, 0.6) is 5.75 Å². The van der Waals surface area contributed by atoms with Crippen LogP contribution in [0.3, 0.4) is 0 Å². The number of hydrogen-bond donors (Lipinski definition) is 1. The molecule has 0 saturated carbocycles. The summed E-state index contributed by atoms with van der Waals surface area (Å²) in [4.78, 5) is 0. The highest BCUT2D eigenvalue weighted by Crippen LogP contribution is 2.39. The highest BCUT2D eigenvalue weighted by molar-refractivity contribution is 6.30. The number of hydrogen-bond acceptors (Lipinski definition) is 3. The van der Waals surface area contributed by atoms with E-state index in [0.717, 1.165) is 49.8 Å². The SMILES string of the molecule is CCCNC1CC(C2CCOC2)Oc2ccc(Cl)cc21. The summed E-state index contributed by atoms with van der Waals surface area (Å²) in [6.45, 7) is 4.90. The molecule has 1 N–H and O–H groups in total. The molecule has 3 atom stereocenters. The number of halogens is 1. The molecule has 0 amide bonds. The fourth-order valence-electron chi connectivity index (χ4n) is 3.12. The van der Waals surface area contributed by atoms with Crippen LogP contribution in [0.15, 0.2) is 18.2 Å². The van der Waals surface area contributed by atoms with Gasteiger partial charge in [-0.25, -0.2) is 0 Å². The van der Waals surface area contributed by atoms with E-state index in [1.165, 1.54) is 5.56 Å². The van der Waals surface area contributed by atoms with Gasteiger partial charge in [-0.2, -0.15) is 0 Å². The van der Waals surface area contributed by atoms with Gasteiger partial charge in [-0.1, -0.05) is 18.5 Å². The molecule has 110 valence electrons.